The van der Waals surface area contributed by atoms with E-state index in [0.717, 1.165) is 6.07 Å². The molecule has 0 N–H and O–H groups in total. The maximum atomic E-state index is 13.7. The van der Waals surface area contributed by atoms with E-state index in [0.29, 0.717) is 23.5 Å². The van der Waals surface area contributed by atoms with Crippen LogP contribution < -0.4 is 9.47 Å². The van der Waals surface area contributed by atoms with E-state index in [-0.39, 0.29) is 23.3 Å². The van der Waals surface area contributed by atoms with Crippen LogP contribution in [0.4, 0.5) is 4.39 Å². The highest BCUT2D eigenvalue weighted by molar-refractivity contribution is 7.95. The quantitative estimate of drug-likeness (QED) is 0.433. The van der Waals surface area contributed by atoms with Gasteiger partial charge in [-0.05, 0) is 44.2 Å². The molecule has 2 aromatic rings. The first-order chi connectivity index (χ1) is 13.4. The van der Waals surface area contributed by atoms with Gasteiger partial charge in [0.15, 0.2) is 11.9 Å². The summed E-state index contributed by atoms with van der Waals surface area (Å²) in [5.41, 5.74) is 0. The fraction of sp³-hybridized carbons (Fsp3) is 0.278. The summed E-state index contributed by atoms with van der Waals surface area (Å²) < 4.78 is 34.1. The van der Waals surface area contributed by atoms with Crippen molar-refractivity contribution in [1.82, 2.24) is 4.98 Å². The lowest BCUT2D eigenvalue weighted by Gasteiger charge is -2.13. The number of halogens is 2. The van der Waals surface area contributed by atoms with Gasteiger partial charge in [-0.2, -0.15) is 0 Å². The van der Waals surface area contributed by atoms with Gasteiger partial charge in [0.2, 0.25) is 0 Å². The standard InChI is InChI=1S/C18H17ClFNO6S/c1-3-24-16(22)10-28-27-18(23)11(2)25-13-4-6-14(7-5-13)26-17-15(20)8-12(19)9-21-17/h4-9,11H,3,10H2,1-2H3. The van der Waals surface area contributed by atoms with Crippen LogP contribution in [0.3, 0.4) is 0 Å². The molecular formula is C18H17ClFNO6S. The highest BCUT2D eigenvalue weighted by Gasteiger charge is 2.18. The molecule has 1 aromatic heterocycles. The Balaban J connectivity index is 1.84. The van der Waals surface area contributed by atoms with Crippen LogP contribution in [-0.2, 0) is 18.5 Å². The molecule has 1 aromatic carbocycles. The van der Waals surface area contributed by atoms with Crippen LogP contribution in [0.5, 0.6) is 17.4 Å². The molecule has 0 bridgehead atoms. The van der Waals surface area contributed by atoms with E-state index >= 15 is 0 Å². The summed E-state index contributed by atoms with van der Waals surface area (Å²) in [5, 5.41) is 0.162. The van der Waals surface area contributed by atoms with Crippen LogP contribution in [-0.4, -0.2) is 35.4 Å². The van der Waals surface area contributed by atoms with Gasteiger partial charge in [0.05, 0.1) is 23.7 Å². The highest BCUT2D eigenvalue weighted by atomic mass is 35.5. The Morgan fingerprint density at radius 2 is 1.93 bits per heavy atom. The molecule has 0 aliphatic carbocycles. The number of hydrogen-bond acceptors (Lipinski definition) is 8. The summed E-state index contributed by atoms with van der Waals surface area (Å²) >= 11 is 6.32. The second-order valence-corrected chi connectivity index (χ2v) is 6.37. The molecule has 28 heavy (non-hydrogen) atoms. The predicted octanol–water partition coefficient (Wildman–Crippen LogP) is 4.19. The largest absolute Gasteiger partial charge is 0.479 e. The van der Waals surface area contributed by atoms with Crippen molar-refractivity contribution in [2.24, 2.45) is 0 Å². The molecule has 1 heterocycles. The van der Waals surface area contributed by atoms with E-state index in [4.69, 9.17) is 30.0 Å². The average Bonchev–Trinajstić information content (AvgIpc) is 2.65. The summed E-state index contributed by atoms with van der Waals surface area (Å²) in [6, 6.07) is 7.23. The molecule has 0 aliphatic rings. The molecule has 150 valence electrons. The van der Waals surface area contributed by atoms with Gasteiger partial charge in [-0.15, -0.1) is 0 Å². The van der Waals surface area contributed by atoms with Gasteiger partial charge in [0, 0.05) is 6.20 Å². The van der Waals surface area contributed by atoms with Gasteiger partial charge in [-0.1, -0.05) is 11.6 Å². The van der Waals surface area contributed by atoms with Crippen LogP contribution in [0.2, 0.25) is 5.02 Å². The van der Waals surface area contributed by atoms with Crippen molar-refractivity contribution >= 4 is 35.6 Å². The third-order valence-electron chi connectivity index (χ3n) is 3.08. The van der Waals surface area contributed by atoms with Crippen molar-refractivity contribution in [1.29, 1.82) is 0 Å². The molecule has 10 heteroatoms. The second kappa shape index (κ2) is 10.7. The molecule has 0 saturated heterocycles. The summed E-state index contributed by atoms with van der Waals surface area (Å²) in [4.78, 5) is 26.8. The third kappa shape index (κ3) is 6.90. The fourth-order valence-corrected chi connectivity index (χ4v) is 2.47. The van der Waals surface area contributed by atoms with Crippen molar-refractivity contribution in [3.8, 4) is 17.4 Å². The lowest BCUT2D eigenvalue weighted by Crippen LogP contribution is -2.24. The SMILES string of the molecule is CCOC(=O)CSOC(=O)C(C)Oc1ccc(Oc2ncc(Cl)cc2F)cc1. The molecule has 0 aliphatic heterocycles. The van der Waals surface area contributed by atoms with Crippen molar-refractivity contribution in [3.63, 3.8) is 0 Å². The zero-order chi connectivity index (χ0) is 20.5. The maximum absolute atomic E-state index is 13.7. The van der Waals surface area contributed by atoms with E-state index in [9.17, 15) is 14.0 Å². The van der Waals surface area contributed by atoms with Gasteiger partial charge in [0.1, 0.15) is 17.3 Å². The first-order valence-corrected chi connectivity index (χ1v) is 9.42. The Labute approximate surface area is 170 Å². The summed E-state index contributed by atoms with van der Waals surface area (Å²) in [7, 11) is 0. The van der Waals surface area contributed by atoms with Crippen LogP contribution in [0.25, 0.3) is 0 Å². The van der Waals surface area contributed by atoms with E-state index in [2.05, 4.69) is 4.98 Å². The van der Waals surface area contributed by atoms with Gasteiger partial charge < -0.3 is 18.4 Å². The number of benzene rings is 1. The zero-order valence-corrected chi connectivity index (χ0v) is 16.6. The number of hydrogen-bond donors (Lipinski definition) is 0. The van der Waals surface area contributed by atoms with Crippen LogP contribution in [0, 0.1) is 5.82 Å². The zero-order valence-electron chi connectivity index (χ0n) is 15.0. The topological polar surface area (TPSA) is 84.0 Å². The van der Waals surface area contributed by atoms with Crippen molar-refractivity contribution in [2.45, 2.75) is 20.0 Å². The van der Waals surface area contributed by atoms with Crippen molar-refractivity contribution in [3.05, 3.63) is 47.4 Å². The van der Waals surface area contributed by atoms with E-state index in [1.54, 1.807) is 19.1 Å². The number of carbonyl (C=O) groups is 2. The summed E-state index contributed by atoms with van der Waals surface area (Å²) in [6.07, 6.45) is 0.363. The molecule has 0 saturated carbocycles. The third-order valence-corrected chi connectivity index (χ3v) is 3.92. The summed E-state index contributed by atoms with van der Waals surface area (Å²) in [5.74, 6) is -1.44. The number of rotatable bonds is 9. The van der Waals surface area contributed by atoms with E-state index < -0.39 is 23.9 Å². The number of ether oxygens (including phenoxy) is 3. The van der Waals surface area contributed by atoms with Crippen LogP contribution in [0.1, 0.15) is 13.8 Å². The molecule has 1 unspecified atom stereocenters. The van der Waals surface area contributed by atoms with Crippen molar-refractivity contribution < 1.29 is 32.4 Å². The lowest BCUT2D eigenvalue weighted by atomic mass is 10.3. The molecular weight excluding hydrogens is 413 g/mol. The Morgan fingerprint density at radius 1 is 1.25 bits per heavy atom. The Hall–Kier alpha value is -2.52. The van der Waals surface area contributed by atoms with Crippen LogP contribution in [0.15, 0.2) is 36.5 Å². The molecule has 1 atom stereocenters. The minimum Gasteiger partial charge on any atom is -0.479 e. The first kappa shape index (κ1) is 21.8. The average molecular weight is 430 g/mol. The molecule has 0 spiro atoms. The Morgan fingerprint density at radius 3 is 2.57 bits per heavy atom. The van der Waals surface area contributed by atoms with Gasteiger partial charge in [0.25, 0.3) is 5.88 Å². The number of esters is 1. The number of carbonyl (C=O) groups excluding carboxylic acids is 2. The summed E-state index contributed by atoms with van der Waals surface area (Å²) in [6.45, 7) is 3.45. The fourth-order valence-electron chi connectivity index (χ4n) is 1.83. The molecule has 7 nitrogen and oxygen atoms in total. The molecule has 0 radical (unpaired) electrons. The van der Waals surface area contributed by atoms with E-state index in [1.807, 2.05) is 0 Å². The number of aromatic nitrogens is 1. The molecule has 2 rings (SSSR count). The minimum atomic E-state index is -0.906. The maximum Gasteiger partial charge on any atom is 0.359 e. The number of nitrogens with zero attached hydrogens (tertiary/aromatic N) is 1. The Kier molecular flexibility index (Phi) is 8.34. The molecule has 0 fully saturated rings. The first-order valence-electron chi connectivity index (χ1n) is 8.13. The van der Waals surface area contributed by atoms with Gasteiger partial charge in [-0.3, -0.25) is 4.79 Å². The smallest absolute Gasteiger partial charge is 0.359 e. The van der Waals surface area contributed by atoms with Gasteiger partial charge >= 0.3 is 11.9 Å². The minimum absolute atomic E-state index is 0.104. The highest BCUT2D eigenvalue weighted by Crippen LogP contribution is 2.26. The monoisotopic (exact) mass is 429 g/mol. The lowest BCUT2D eigenvalue weighted by molar-refractivity contribution is -0.140. The van der Waals surface area contributed by atoms with Crippen LogP contribution >= 0.6 is 23.6 Å². The van der Waals surface area contributed by atoms with Gasteiger partial charge in [-0.25, -0.2) is 14.2 Å². The normalized spacial score (nSPS) is 11.4. The second-order valence-electron chi connectivity index (χ2n) is 5.24. The van der Waals surface area contributed by atoms with E-state index in [1.165, 1.54) is 25.3 Å². The predicted molar refractivity (Wildman–Crippen MR) is 101 cm³/mol. The Bertz CT molecular complexity index is 820. The van der Waals surface area contributed by atoms with Crippen molar-refractivity contribution in [2.75, 3.05) is 12.4 Å². The number of pyridine rings is 1. The molecule has 0 amide bonds.